The van der Waals surface area contributed by atoms with Gasteiger partial charge in [-0.25, -0.2) is 9.50 Å². The maximum absolute atomic E-state index is 9.73. The number of pyridine rings is 3. The van der Waals surface area contributed by atoms with E-state index in [0.29, 0.717) is 17.6 Å². The average Bonchev–Trinajstić information content (AvgIpc) is 3.40. The van der Waals surface area contributed by atoms with Gasteiger partial charge in [0.2, 0.25) is 0 Å². The van der Waals surface area contributed by atoms with Crippen LogP contribution in [0, 0.1) is 18.3 Å². The largest absolute Gasteiger partial charge is 0.353 e. The first kappa shape index (κ1) is 23.1. The summed E-state index contributed by atoms with van der Waals surface area (Å²) in [5, 5.41) is 17.6. The molecule has 4 aromatic rings. The first-order valence-corrected chi connectivity index (χ1v) is 13.4. The molecule has 2 bridgehead atoms. The van der Waals surface area contributed by atoms with E-state index in [1.54, 1.807) is 6.20 Å². The highest BCUT2D eigenvalue weighted by Gasteiger charge is 2.44. The number of aryl methyl sites for hydroxylation is 1. The van der Waals surface area contributed by atoms with Gasteiger partial charge in [-0.2, -0.15) is 10.4 Å². The molecular weight excluding hydrogens is 472 g/mol. The Hall–Kier alpha value is -4.06. The second-order valence-corrected chi connectivity index (χ2v) is 10.6. The quantitative estimate of drug-likeness (QED) is 0.444. The lowest BCUT2D eigenvalue weighted by atomic mass is 9.87. The van der Waals surface area contributed by atoms with Gasteiger partial charge in [0.25, 0.3) is 0 Å². The molecule has 2 atom stereocenters. The molecule has 2 unspecified atom stereocenters. The van der Waals surface area contributed by atoms with E-state index in [4.69, 9.17) is 4.98 Å². The second kappa shape index (κ2) is 9.35. The monoisotopic (exact) mass is 502 g/mol. The Kier molecular flexibility index (Phi) is 5.68. The molecule has 0 aromatic carbocycles. The highest BCUT2D eigenvalue weighted by Crippen LogP contribution is 2.36. The topological polar surface area (TPSA) is 85.4 Å². The summed E-state index contributed by atoms with van der Waals surface area (Å²) in [4.78, 5) is 14.4. The van der Waals surface area contributed by atoms with Crippen LogP contribution in [0.5, 0.6) is 0 Å². The summed E-state index contributed by atoms with van der Waals surface area (Å²) >= 11 is 0. The number of aromatic nitrogens is 4. The van der Waals surface area contributed by atoms with E-state index in [1.165, 1.54) is 17.6 Å². The van der Waals surface area contributed by atoms with Gasteiger partial charge >= 0.3 is 0 Å². The van der Waals surface area contributed by atoms with Crippen LogP contribution >= 0.6 is 0 Å². The van der Waals surface area contributed by atoms with Crippen molar-refractivity contribution in [3.05, 3.63) is 83.6 Å². The molecule has 0 radical (unpaired) electrons. The predicted molar refractivity (Wildman–Crippen MR) is 148 cm³/mol. The van der Waals surface area contributed by atoms with Gasteiger partial charge in [-0.3, -0.25) is 9.88 Å². The number of hydrogen-bond donors (Lipinski definition) is 1. The van der Waals surface area contributed by atoms with Crippen LogP contribution in [0.15, 0.2) is 61.2 Å². The highest BCUT2D eigenvalue weighted by molar-refractivity contribution is 5.87. The van der Waals surface area contributed by atoms with Crippen LogP contribution in [0.2, 0.25) is 0 Å². The van der Waals surface area contributed by atoms with E-state index in [-0.39, 0.29) is 0 Å². The number of piperazine rings is 1. The molecule has 4 aliphatic heterocycles. The lowest BCUT2D eigenvalue weighted by Gasteiger charge is -2.56. The summed E-state index contributed by atoms with van der Waals surface area (Å²) in [6.45, 7) is 6.82. The van der Waals surface area contributed by atoms with Crippen molar-refractivity contribution in [2.45, 2.75) is 38.4 Å². The van der Waals surface area contributed by atoms with Gasteiger partial charge in [0.15, 0.2) is 0 Å². The van der Waals surface area contributed by atoms with E-state index in [9.17, 15) is 5.26 Å². The van der Waals surface area contributed by atoms with Crippen molar-refractivity contribution in [1.82, 2.24) is 29.8 Å². The Morgan fingerprint density at radius 3 is 2.66 bits per heavy atom. The van der Waals surface area contributed by atoms with E-state index >= 15 is 0 Å². The fourth-order valence-electron chi connectivity index (χ4n) is 6.15. The Bertz CT molecular complexity index is 1550. The predicted octanol–water partition coefficient (Wildman–Crippen LogP) is 3.81. The third kappa shape index (κ3) is 4.05. The van der Waals surface area contributed by atoms with E-state index in [1.807, 2.05) is 30.0 Å². The summed E-state index contributed by atoms with van der Waals surface area (Å²) in [6.07, 6.45) is 12.1. The fourth-order valence-corrected chi connectivity index (χ4v) is 6.15. The van der Waals surface area contributed by atoms with Crippen molar-refractivity contribution in [1.29, 1.82) is 5.26 Å². The first-order valence-electron chi connectivity index (χ1n) is 13.4. The van der Waals surface area contributed by atoms with Crippen LogP contribution in [0.4, 0.5) is 5.82 Å². The molecule has 38 heavy (non-hydrogen) atoms. The van der Waals surface area contributed by atoms with Crippen molar-refractivity contribution >= 4 is 16.9 Å². The Morgan fingerprint density at radius 1 is 1.05 bits per heavy atom. The second-order valence-electron chi connectivity index (χ2n) is 10.6. The number of nitriles is 1. The van der Waals surface area contributed by atoms with Crippen LogP contribution in [0.3, 0.4) is 0 Å². The molecule has 8 nitrogen and oxygen atoms in total. The molecule has 0 saturated carbocycles. The van der Waals surface area contributed by atoms with Crippen LogP contribution in [0.25, 0.3) is 22.2 Å². The van der Waals surface area contributed by atoms with E-state index in [0.717, 1.165) is 72.9 Å². The number of hydrogen-bond acceptors (Lipinski definition) is 7. The zero-order chi connectivity index (χ0) is 25.6. The number of nitrogens with zero attached hydrogens (tertiary/aromatic N) is 7. The SMILES string of the molecule is Cc1ccc(CN2C3CC2CN(c2ccc(-c4cc(C5=CCNCC5)cn5ncc(C#N)c45)cn2)C3)cn1. The molecule has 1 N–H and O–H groups in total. The molecule has 0 spiro atoms. The van der Waals surface area contributed by atoms with Gasteiger partial charge in [-0.05, 0) is 67.3 Å². The van der Waals surface area contributed by atoms with Crippen molar-refractivity contribution < 1.29 is 0 Å². The summed E-state index contributed by atoms with van der Waals surface area (Å²) < 4.78 is 1.84. The summed E-state index contributed by atoms with van der Waals surface area (Å²) in [6, 6.07) is 14.2. The Balaban J connectivity index is 1.13. The van der Waals surface area contributed by atoms with E-state index < -0.39 is 0 Å². The molecular formula is C30H30N8. The van der Waals surface area contributed by atoms with Crippen molar-refractivity contribution in [2.24, 2.45) is 0 Å². The van der Waals surface area contributed by atoms with Gasteiger partial charge in [0, 0.05) is 73.7 Å². The van der Waals surface area contributed by atoms with Gasteiger partial charge in [-0.15, -0.1) is 0 Å². The number of anilines is 1. The zero-order valence-corrected chi connectivity index (χ0v) is 21.5. The first-order chi connectivity index (χ1) is 18.7. The number of nitrogens with one attached hydrogen (secondary N) is 1. The third-order valence-electron chi connectivity index (χ3n) is 8.23. The number of rotatable bonds is 5. The van der Waals surface area contributed by atoms with Crippen LogP contribution in [0.1, 0.15) is 35.2 Å². The average molecular weight is 503 g/mol. The summed E-state index contributed by atoms with van der Waals surface area (Å²) in [5.74, 6) is 1.02. The van der Waals surface area contributed by atoms with Gasteiger partial charge in [-0.1, -0.05) is 12.1 Å². The van der Waals surface area contributed by atoms with Crippen molar-refractivity contribution in [2.75, 3.05) is 31.1 Å². The van der Waals surface area contributed by atoms with Crippen LogP contribution in [-0.4, -0.2) is 62.7 Å². The molecule has 4 aliphatic rings. The van der Waals surface area contributed by atoms with Gasteiger partial charge < -0.3 is 10.2 Å². The minimum Gasteiger partial charge on any atom is -0.353 e. The lowest BCUT2D eigenvalue weighted by Crippen LogP contribution is -2.68. The number of fused-ring (bicyclic) bond motifs is 3. The molecule has 8 heteroatoms. The maximum Gasteiger partial charge on any atom is 0.128 e. The Labute approximate surface area is 222 Å². The highest BCUT2D eigenvalue weighted by atomic mass is 15.4. The molecule has 0 aliphatic carbocycles. The van der Waals surface area contributed by atoms with Crippen molar-refractivity contribution in [3.8, 4) is 17.2 Å². The number of piperidine rings is 1. The lowest BCUT2D eigenvalue weighted by molar-refractivity contribution is -0.00875. The molecule has 8 rings (SSSR count). The fraction of sp³-hybridized carbons (Fsp3) is 0.333. The molecule has 0 amide bonds. The maximum atomic E-state index is 9.73. The molecule has 3 fully saturated rings. The van der Waals surface area contributed by atoms with Crippen molar-refractivity contribution in [3.63, 3.8) is 0 Å². The summed E-state index contributed by atoms with van der Waals surface area (Å²) in [5.41, 5.74) is 8.21. The molecule has 190 valence electrons. The van der Waals surface area contributed by atoms with Crippen LogP contribution in [-0.2, 0) is 6.54 Å². The normalized spacial score (nSPS) is 21.2. The molecule has 8 heterocycles. The van der Waals surface area contributed by atoms with Crippen LogP contribution < -0.4 is 10.2 Å². The smallest absolute Gasteiger partial charge is 0.128 e. The summed E-state index contributed by atoms with van der Waals surface area (Å²) in [7, 11) is 0. The minimum absolute atomic E-state index is 0.552. The molecule has 3 saturated heterocycles. The van der Waals surface area contributed by atoms with Gasteiger partial charge in [0.1, 0.15) is 11.9 Å². The third-order valence-corrected chi connectivity index (χ3v) is 8.23. The minimum atomic E-state index is 0.552. The Morgan fingerprint density at radius 2 is 1.95 bits per heavy atom. The van der Waals surface area contributed by atoms with E-state index in [2.05, 4.69) is 67.7 Å². The molecule has 4 aromatic heterocycles. The zero-order valence-electron chi connectivity index (χ0n) is 21.5. The standard InChI is InChI=1S/C30H30N8/c1-20-2-3-21(13-33-20)16-37-26-11-27(37)19-36(18-26)29-5-4-23(14-34-29)28-10-24(22-6-8-32-9-7-22)17-38-30(28)25(12-31)15-35-38/h2-6,10,13-15,17,26-27,32H,7-9,11,16,18-19H2,1H3. The van der Waals surface area contributed by atoms with Gasteiger partial charge in [0.05, 0.1) is 17.3 Å².